The van der Waals surface area contributed by atoms with Crippen LogP contribution >= 0.6 is 12.4 Å². The van der Waals surface area contributed by atoms with Gasteiger partial charge < -0.3 is 15.5 Å². The Bertz CT molecular complexity index is 682. The average molecular weight is 378 g/mol. The lowest BCUT2D eigenvalue weighted by atomic mass is 10.1. The van der Waals surface area contributed by atoms with Crippen molar-refractivity contribution < 1.29 is 4.79 Å². The molecule has 1 aromatic carbocycles. The smallest absolute Gasteiger partial charge is 0.272 e. The molecule has 1 fully saturated rings. The molecule has 0 aliphatic carbocycles. The molecular formula is C19H28ClN5O. The summed E-state index contributed by atoms with van der Waals surface area (Å²) in [4.78, 5) is 14.8. The molecule has 2 unspecified atom stereocenters. The first-order chi connectivity index (χ1) is 12.1. The number of piperidine rings is 1. The van der Waals surface area contributed by atoms with E-state index in [0.29, 0.717) is 11.7 Å². The van der Waals surface area contributed by atoms with Crippen molar-refractivity contribution in [2.45, 2.75) is 24.9 Å². The summed E-state index contributed by atoms with van der Waals surface area (Å²) >= 11 is 0. The summed E-state index contributed by atoms with van der Waals surface area (Å²) in [5.41, 5.74) is 1.57. The van der Waals surface area contributed by atoms with Gasteiger partial charge in [-0.05, 0) is 45.1 Å². The van der Waals surface area contributed by atoms with Gasteiger partial charge in [-0.2, -0.15) is 5.10 Å². The van der Waals surface area contributed by atoms with Crippen molar-refractivity contribution >= 4 is 18.3 Å². The number of carbonyl (C=O) groups is 1. The molecule has 0 spiro atoms. The fraction of sp³-hybridized carbons (Fsp3) is 0.474. The molecule has 2 aromatic rings. The van der Waals surface area contributed by atoms with Crippen LogP contribution in [0.1, 0.15) is 41.0 Å². The first kappa shape index (κ1) is 20.4. The van der Waals surface area contributed by atoms with Gasteiger partial charge in [0, 0.05) is 19.3 Å². The van der Waals surface area contributed by atoms with Crippen LogP contribution in [0, 0.1) is 0 Å². The molecule has 142 valence electrons. The van der Waals surface area contributed by atoms with Crippen molar-refractivity contribution in [1.29, 1.82) is 0 Å². The molecular weight excluding hydrogens is 350 g/mol. The molecule has 2 N–H and O–H groups in total. The van der Waals surface area contributed by atoms with Gasteiger partial charge in [0.2, 0.25) is 0 Å². The second kappa shape index (κ2) is 9.71. The van der Waals surface area contributed by atoms with Crippen molar-refractivity contribution in [3.63, 3.8) is 0 Å². The molecule has 1 amide bonds. The number of amides is 1. The van der Waals surface area contributed by atoms with E-state index in [2.05, 4.69) is 20.6 Å². The van der Waals surface area contributed by atoms with Crippen LogP contribution in [0.5, 0.6) is 0 Å². The molecule has 2 atom stereocenters. The predicted molar refractivity (Wildman–Crippen MR) is 106 cm³/mol. The Morgan fingerprint density at radius 1 is 1.35 bits per heavy atom. The highest BCUT2D eigenvalue weighted by Crippen LogP contribution is 2.17. The summed E-state index contributed by atoms with van der Waals surface area (Å²) in [6, 6.07) is 12.1. The third kappa shape index (κ3) is 5.30. The highest BCUT2D eigenvalue weighted by atomic mass is 35.5. The molecule has 26 heavy (non-hydrogen) atoms. The van der Waals surface area contributed by atoms with E-state index in [0.717, 1.165) is 38.0 Å². The molecule has 1 saturated heterocycles. The molecule has 7 heteroatoms. The van der Waals surface area contributed by atoms with Crippen molar-refractivity contribution in [1.82, 2.24) is 25.3 Å². The number of carbonyl (C=O) groups excluding carboxylic acids is 1. The molecule has 1 aromatic heterocycles. The molecule has 0 radical (unpaired) electrons. The lowest BCUT2D eigenvalue weighted by Crippen LogP contribution is -2.36. The van der Waals surface area contributed by atoms with Gasteiger partial charge in [-0.3, -0.25) is 9.48 Å². The molecule has 1 aliphatic rings. The number of benzene rings is 1. The predicted octanol–water partition coefficient (Wildman–Crippen LogP) is 2.26. The van der Waals surface area contributed by atoms with Crippen molar-refractivity contribution in [2.24, 2.45) is 0 Å². The van der Waals surface area contributed by atoms with E-state index in [9.17, 15) is 4.79 Å². The third-order valence-electron chi connectivity index (χ3n) is 4.54. The minimum absolute atomic E-state index is 0. The largest absolute Gasteiger partial charge is 0.343 e. The maximum Gasteiger partial charge on any atom is 0.272 e. The molecule has 3 rings (SSSR count). The van der Waals surface area contributed by atoms with Gasteiger partial charge in [0.15, 0.2) is 0 Å². The number of nitrogens with zero attached hydrogens (tertiary/aromatic N) is 3. The second-order valence-electron chi connectivity index (χ2n) is 6.88. The maximum atomic E-state index is 12.7. The Balaban J connectivity index is 0.00000243. The van der Waals surface area contributed by atoms with Crippen molar-refractivity contribution in [2.75, 3.05) is 33.7 Å². The van der Waals surface area contributed by atoms with E-state index >= 15 is 0 Å². The summed E-state index contributed by atoms with van der Waals surface area (Å²) in [6.07, 6.45) is 4.16. The summed E-state index contributed by atoms with van der Waals surface area (Å²) in [7, 11) is 4.01. The molecule has 0 saturated carbocycles. The highest BCUT2D eigenvalue weighted by Gasteiger charge is 2.20. The van der Waals surface area contributed by atoms with Crippen molar-refractivity contribution in [3.05, 3.63) is 53.9 Å². The number of hydrogen-bond donors (Lipinski definition) is 2. The Morgan fingerprint density at radius 3 is 2.77 bits per heavy atom. The SMILES string of the molecule is CN(C)CC(NC(=O)c1ccn(C2CCCNC2)n1)c1ccccc1.Cl. The van der Waals surface area contributed by atoms with E-state index < -0.39 is 0 Å². The number of rotatable bonds is 6. The van der Waals surface area contributed by atoms with Crippen molar-refractivity contribution in [3.8, 4) is 0 Å². The minimum atomic E-state index is -0.127. The van der Waals surface area contributed by atoms with Gasteiger partial charge in [-0.1, -0.05) is 30.3 Å². The zero-order chi connectivity index (χ0) is 17.6. The minimum Gasteiger partial charge on any atom is -0.343 e. The Kier molecular flexibility index (Phi) is 7.63. The van der Waals surface area contributed by atoms with E-state index in [1.54, 1.807) is 0 Å². The molecule has 2 heterocycles. The van der Waals surface area contributed by atoms with Crippen LogP contribution in [0.2, 0.25) is 0 Å². The van der Waals surface area contributed by atoms with E-state index in [1.165, 1.54) is 0 Å². The van der Waals surface area contributed by atoms with Gasteiger partial charge in [0.25, 0.3) is 5.91 Å². The van der Waals surface area contributed by atoms with E-state index in [-0.39, 0.29) is 24.4 Å². The topological polar surface area (TPSA) is 62.2 Å². The molecule has 1 aliphatic heterocycles. The standard InChI is InChI=1S/C19H27N5O.ClH/c1-23(2)14-18(15-7-4-3-5-8-15)21-19(25)17-10-12-24(22-17)16-9-6-11-20-13-16;/h3-5,7-8,10,12,16,18,20H,6,9,11,13-14H2,1-2H3,(H,21,25);1H. The number of aromatic nitrogens is 2. The summed E-state index contributed by atoms with van der Waals surface area (Å²) in [6.45, 7) is 2.72. The molecule has 6 nitrogen and oxygen atoms in total. The number of halogens is 1. The number of likely N-dealkylation sites (N-methyl/N-ethyl adjacent to an activating group) is 1. The summed E-state index contributed by atoms with van der Waals surface area (Å²) in [5.74, 6) is -0.127. The Morgan fingerprint density at radius 2 is 2.12 bits per heavy atom. The van der Waals surface area contributed by atoms with Crippen LogP contribution < -0.4 is 10.6 Å². The maximum absolute atomic E-state index is 12.7. The highest BCUT2D eigenvalue weighted by molar-refractivity contribution is 5.92. The average Bonchev–Trinajstić information content (AvgIpc) is 3.12. The Hall–Kier alpha value is -1.89. The fourth-order valence-electron chi connectivity index (χ4n) is 3.24. The van der Waals surface area contributed by atoms with Gasteiger partial charge in [0.05, 0.1) is 12.1 Å². The van der Waals surface area contributed by atoms with Gasteiger partial charge in [-0.25, -0.2) is 0 Å². The zero-order valence-electron chi connectivity index (χ0n) is 15.4. The monoisotopic (exact) mass is 377 g/mol. The van der Waals surface area contributed by atoms with Crippen LogP contribution in [0.3, 0.4) is 0 Å². The second-order valence-corrected chi connectivity index (χ2v) is 6.88. The third-order valence-corrected chi connectivity index (χ3v) is 4.54. The van der Waals surface area contributed by atoms with Crippen LogP contribution in [0.25, 0.3) is 0 Å². The quantitative estimate of drug-likeness (QED) is 0.810. The van der Waals surface area contributed by atoms with Crippen LogP contribution in [0.15, 0.2) is 42.6 Å². The first-order valence-corrected chi connectivity index (χ1v) is 8.90. The van der Waals surface area contributed by atoms with E-state index in [4.69, 9.17) is 0 Å². The van der Waals surface area contributed by atoms with Crippen LogP contribution in [-0.2, 0) is 0 Å². The van der Waals surface area contributed by atoms with Crippen LogP contribution in [-0.4, -0.2) is 54.3 Å². The van der Waals surface area contributed by atoms with E-state index in [1.807, 2.05) is 61.4 Å². The van der Waals surface area contributed by atoms with Gasteiger partial charge in [-0.15, -0.1) is 12.4 Å². The van der Waals surface area contributed by atoms with Gasteiger partial charge in [0.1, 0.15) is 5.69 Å². The van der Waals surface area contributed by atoms with Gasteiger partial charge >= 0.3 is 0 Å². The fourth-order valence-corrected chi connectivity index (χ4v) is 3.24. The zero-order valence-corrected chi connectivity index (χ0v) is 16.2. The summed E-state index contributed by atoms with van der Waals surface area (Å²) in [5, 5.41) is 11.0. The normalized spacial score (nSPS) is 18.2. The number of nitrogens with one attached hydrogen (secondary N) is 2. The molecule has 0 bridgehead atoms. The lowest BCUT2D eigenvalue weighted by molar-refractivity contribution is 0.0923. The summed E-state index contributed by atoms with van der Waals surface area (Å²) < 4.78 is 1.92. The Labute approximate surface area is 161 Å². The number of hydrogen-bond acceptors (Lipinski definition) is 4. The van der Waals surface area contributed by atoms with Crippen LogP contribution in [0.4, 0.5) is 0 Å². The first-order valence-electron chi connectivity index (χ1n) is 8.90. The lowest BCUT2D eigenvalue weighted by Gasteiger charge is -2.23.